The fourth-order valence-electron chi connectivity index (χ4n) is 2.70. The van der Waals surface area contributed by atoms with E-state index in [0.29, 0.717) is 11.1 Å². The second-order valence-electron chi connectivity index (χ2n) is 5.29. The number of H-pyrrole nitrogens is 1. The molecule has 1 heterocycles. The number of rotatable bonds is 5. The van der Waals surface area contributed by atoms with Gasteiger partial charge in [0.25, 0.3) is 0 Å². The number of aromatic amines is 1. The van der Waals surface area contributed by atoms with Crippen LogP contribution >= 0.6 is 22.6 Å². The number of carboxylic acids is 1. The number of carbonyl (C=O) groups excluding carboxylic acids is 1. The minimum atomic E-state index is -0.992. The van der Waals surface area contributed by atoms with Gasteiger partial charge in [-0.05, 0) is 40.3 Å². The molecule has 116 valence electrons. The molecule has 1 unspecified atom stereocenters. The van der Waals surface area contributed by atoms with Crippen molar-refractivity contribution in [2.45, 2.75) is 12.3 Å². The molecule has 2 aromatic carbocycles. The van der Waals surface area contributed by atoms with Crippen molar-refractivity contribution in [1.29, 1.82) is 0 Å². The predicted octanol–water partition coefficient (Wildman–Crippen LogP) is 4.21. The zero-order chi connectivity index (χ0) is 16.4. The van der Waals surface area contributed by atoms with E-state index in [0.717, 1.165) is 14.5 Å². The van der Waals surface area contributed by atoms with Crippen LogP contribution in [0.25, 0.3) is 10.9 Å². The third kappa shape index (κ3) is 3.14. The summed E-state index contributed by atoms with van der Waals surface area (Å²) in [6, 6.07) is 14.7. The lowest BCUT2D eigenvalue weighted by Crippen LogP contribution is -2.16. The molecule has 0 aliphatic heterocycles. The molecule has 0 aliphatic rings. The summed E-state index contributed by atoms with van der Waals surface area (Å²) in [7, 11) is 0. The van der Waals surface area contributed by atoms with Gasteiger partial charge in [0.1, 0.15) is 0 Å². The average Bonchev–Trinajstić information content (AvgIpc) is 2.96. The number of aromatic nitrogens is 1. The Bertz CT molecular complexity index is 885. The highest BCUT2D eigenvalue weighted by Crippen LogP contribution is 2.30. The lowest BCUT2D eigenvalue weighted by molar-refractivity contribution is -0.138. The first-order valence-corrected chi connectivity index (χ1v) is 8.22. The van der Waals surface area contributed by atoms with Crippen LogP contribution in [-0.4, -0.2) is 21.8 Å². The molecule has 0 saturated carbocycles. The van der Waals surface area contributed by atoms with Crippen LogP contribution < -0.4 is 0 Å². The normalized spacial score (nSPS) is 12.2. The van der Waals surface area contributed by atoms with Crippen molar-refractivity contribution in [3.8, 4) is 0 Å². The third-order valence-electron chi connectivity index (χ3n) is 3.86. The zero-order valence-electron chi connectivity index (χ0n) is 12.1. The standard InChI is InChI=1S/C18H14INO3/c19-15-7-3-1-6-12(15)17(21)9-13(18(22)23)14-10-20-16-8-4-2-5-11(14)16/h1-8,10,13,20H,9H2,(H,22,23). The number of fused-ring (bicyclic) bond motifs is 1. The Morgan fingerprint density at radius 1 is 1.09 bits per heavy atom. The lowest BCUT2D eigenvalue weighted by atomic mass is 9.91. The van der Waals surface area contributed by atoms with Crippen LogP contribution in [0.4, 0.5) is 0 Å². The van der Waals surface area contributed by atoms with E-state index < -0.39 is 11.9 Å². The van der Waals surface area contributed by atoms with Crippen LogP contribution in [0.3, 0.4) is 0 Å². The first-order valence-electron chi connectivity index (χ1n) is 7.14. The average molecular weight is 419 g/mol. The summed E-state index contributed by atoms with van der Waals surface area (Å²) in [6.45, 7) is 0. The Kier molecular flexibility index (Phi) is 4.47. The minimum absolute atomic E-state index is 0.0583. The van der Waals surface area contributed by atoms with E-state index >= 15 is 0 Å². The maximum atomic E-state index is 12.5. The smallest absolute Gasteiger partial charge is 0.311 e. The molecule has 3 aromatic rings. The number of nitrogens with one attached hydrogen (secondary N) is 1. The predicted molar refractivity (Wildman–Crippen MR) is 96.8 cm³/mol. The van der Waals surface area contributed by atoms with E-state index in [1.807, 2.05) is 36.4 Å². The highest BCUT2D eigenvalue weighted by Gasteiger charge is 2.27. The molecule has 23 heavy (non-hydrogen) atoms. The molecule has 1 aromatic heterocycles. The second kappa shape index (κ2) is 6.54. The highest BCUT2D eigenvalue weighted by molar-refractivity contribution is 14.1. The third-order valence-corrected chi connectivity index (χ3v) is 4.80. The molecule has 1 atom stereocenters. The molecule has 0 spiro atoms. The molecule has 0 saturated heterocycles. The highest BCUT2D eigenvalue weighted by atomic mass is 127. The molecular formula is C18H14INO3. The van der Waals surface area contributed by atoms with Gasteiger partial charge in [-0.1, -0.05) is 36.4 Å². The van der Waals surface area contributed by atoms with Crippen molar-refractivity contribution in [2.24, 2.45) is 0 Å². The minimum Gasteiger partial charge on any atom is -0.481 e. The summed E-state index contributed by atoms with van der Waals surface area (Å²) in [5.41, 5.74) is 2.09. The van der Waals surface area contributed by atoms with Crippen molar-refractivity contribution in [1.82, 2.24) is 4.98 Å². The van der Waals surface area contributed by atoms with Gasteiger partial charge in [-0.15, -0.1) is 0 Å². The van der Waals surface area contributed by atoms with Crippen LogP contribution in [0.15, 0.2) is 54.7 Å². The van der Waals surface area contributed by atoms with Crippen LogP contribution in [0, 0.1) is 3.57 Å². The number of aliphatic carboxylic acids is 1. The van der Waals surface area contributed by atoms with Gasteiger partial charge in [0.15, 0.2) is 5.78 Å². The molecule has 2 N–H and O–H groups in total. The van der Waals surface area contributed by atoms with E-state index in [9.17, 15) is 14.7 Å². The van der Waals surface area contributed by atoms with Crippen molar-refractivity contribution in [2.75, 3.05) is 0 Å². The van der Waals surface area contributed by atoms with Crippen molar-refractivity contribution in [3.63, 3.8) is 0 Å². The van der Waals surface area contributed by atoms with E-state index in [2.05, 4.69) is 27.6 Å². The summed E-state index contributed by atoms with van der Waals surface area (Å²) < 4.78 is 0.832. The van der Waals surface area contributed by atoms with Crippen molar-refractivity contribution in [3.05, 3.63) is 69.4 Å². The Hall–Kier alpha value is -2.15. The molecule has 0 aliphatic carbocycles. The molecule has 0 fully saturated rings. The molecule has 5 heteroatoms. The van der Waals surface area contributed by atoms with E-state index in [1.54, 1.807) is 18.3 Å². The molecule has 3 rings (SSSR count). The molecule has 4 nitrogen and oxygen atoms in total. The first kappa shape index (κ1) is 15.7. The van der Waals surface area contributed by atoms with Gasteiger partial charge in [0.2, 0.25) is 0 Å². The maximum Gasteiger partial charge on any atom is 0.311 e. The van der Waals surface area contributed by atoms with Gasteiger partial charge in [-0.25, -0.2) is 0 Å². The molecule has 0 radical (unpaired) electrons. The number of carbonyl (C=O) groups is 2. The van der Waals surface area contributed by atoms with Crippen molar-refractivity contribution < 1.29 is 14.7 Å². The van der Waals surface area contributed by atoms with Crippen LogP contribution in [-0.2, 0) is 4.79 Å². The summed E-state index contributed by atoms with van der Waals surface area (Å²) >= 11 is 2.09. The summed E-state index contributed by atoms with van der Waals surface area (Å²) in [5.74, 6) is -2.02. The van der Waals surface area contributed by atoms with Gasteiger partial charge in [0, 0.05) is 32.7 Å². The van der Waals surface area contributed by atoms with E-state index in [1.165, 1.54) is 0 Å². The van der Waals surface area contributed by atoms with E-state index in [4.69, 9.17) is 0 Å². The van der Waals surface area contributed by atoms with Gasteiger partial charge < -0.3 is 10.1 Å². The van der Waals surface area contributed by atoms with Crippen LogP contribution in [0.2, 0.25) is 0 Å². The molecule has 0 amide bonds. The van der Waals surface area contributed by atoms with Crippen molar-refractivity contribution >= 4 is 45.2 Å². The number of benzene rings is 2. The SMILES string of the molecule is O=C(CC(C(=O)O)c1c[nH]c2ccccc12)c1ccccc1I. The number of ketones is 1. The van der Waals surface area contributed by atoms with E-state index in [-0.39, 0.29) is 12.2 Å². The van der Waals surface area contributed by atoms with Gasteiger partial charge in [0.05, 0.1) is 5.92 Å². The lowest BCUT2D eigenvalue weighted by Gasteiger charge is -2.12. The van der Waals surface area contributed by atoms with Gasteiger partial charge >= 0.3 is 5.97 Å². The van der Waals surface area contributed by atoms with Crippen LogP contribution in [0.1, 0.15) is 28.3 Å². The fourth-order valence-corrected chi connectivity index (χ4v) is 3.38. The zero-order valence-corrected chi connectivity index (χ0v) is 14.3. The molecular weight excluding hydrogens is 405 g/mol. The topological polar surface area (TPSA) is 70.2 Å². The maximum absolute atomic E-state index is 12.5. The Morgan fingerprint density at radius 2 is 1.78 bits per heavy atom. The quantitative estimate of drug-likeness (QED) is 0.481. The number of para-hydroxylation sites is 1. The monoisotopic (exact) mass is 419 g/mol. The summed E-state index contributed by atoms with van der Waals surface area (Å²) in [4.78, 5) is 27.3. The summed E-state index contributed by atoms with van der Waals surface area (Å²) in [6.07, 6.45) is 1.63. The molecule has 0 bridgehead atoms. The number of halogens is 1. The number of carboxylic acid groups (broad SMARTS) is 1. The number of Topliss-reactive ketones (excluding diaryl/α,β-unsaturated/α-hetero) is 1. The Morgan fingerprint density at radius 3 is 2.52 bits per heavy atom. The number of hydrogen-bond donors (Lipinski definition) is 2. The Labute approximate surface area is 146 Å². The first-order chi connectivity index (χ1) is 11.1. The second-order valence-corrected chi connectivity index (χ2v) is 6.45. The summed E-state index contributed by atoms with van der Waals surface area (Å²) in [5, 5.41) is 10.4. The largest absolute Gasteiger partial charge is 0.481 e. The van der Waals surface area contributed by atoms with Gasteiger partial charge in [-0.2, -0.15) is 0 Å². The number of hydrogen-bond acceptors (Lipinski definition) is 2. The Balaban J connectivity index is 1.96. The van der Waals surface area contributed by atoms with Gasteiger partial charge in [-0.3, -0.25) is 9.59 Å². The fraction of sp³-hybridized carbons (Fsp3) is 0.111. The van der Waals surface area contributed by atoms with Crippen LogP contribution in [0.5, 0.6) is 0 Å².